The van der Waals surface area contributed by atoms with E-state index < -0.39 is 6.10 Å². The van der Waals surface area contributed by atoms with Crippen LogP contribution in [-0.2, 0) is 9.53 Å². The van der Waals surface area contributed by atoms with Crippen molar-refractivity contribution in [2.75, 3.05) is 13.2 Å². The van der Waals surface area contributed by atoms with E-state index in [-0.39, 0.29) is 25.3 Å². The molecule has 0 aliphatic carbocycles. The van der Waals surface area contributed by atoms with Gasteiger partial charge in [-0.15, -0.1) is 0 Å². The van der Waals surface area contributed by atoms with Crippen LogP contribution < -0.4 is 0 Å². The third-order valence-corrected chi connectivity index (χ3v) is 8.33. The van der Waals surface area contributed by atoms with Crippen molar-refractivity contribution in [3.63, 3.8) is 0 Å². The summed E-state index contributed by atoms with van der Waals surface area (Å²) in [5.41, 5.74) is 0. The van der Waals surface area contributed by atoms with Gasteiger partial charge in [0.15, 0.2) is 0 Å². The predicted octanol–water partition coefficient (Wildman–Crippen LogP) is 10.3. The van der Waals surface area contributed by atoms with Gasteiger partial charge in [-0.25, -0.2) is 0 Å². The number of ether oxygens (including phenoxy) is 1. The summed E-state index contributed by atoms with van der Waals surface area (Å²) in [7, 11) is 0. The maximum absolute atomic E-state index is 11.5. The zero-order valence-corrected chi connectivity index (χ0v) is 28.3. The molecule has 43 heavy (non-hydrogen) atoms. The minimum Gasteiger partial charge on any atom is -0.463 e. The van der Waals surface area contributed by atoms with E-state index in [1.165, 1.54) is 128 Å². The fourth-order valence-corrected chi connectivity index (χ4v) is 5.45. The third kappa shape index (κ3) is 35.2. The lowest BCUT2D eigenvalue weighted by atomic mass is 10.0. The van der Waals surface area contributed by atoms with Crippen LogP contribution in [0, 0.1) is 0 Å². The van der Waals surface area contributed by atoms with E-state index >= 15 is 0 Å². The molecule has 0 aromatic carbocycles. The second-order valence-electron chi connectivity index (χ2n) is 12.7. The quantitative estimate of drug-likeness (QED) is 0.0384. The Labute approximate surface area is 267 Å². The molecule has 0 radical (unpaired) electrons. The Balaban J connectivity index is 3.33. The van der Waals surface area contributed by atoms with E-state index in [4.69, 9.17) is 14.9 Å². The van der Waals surface area contributed by atoms with Crippen molar-refractivity contribution in [3.05, 3.63) is 24.3 Å². The minimum atomic E-state index is -0.980. The first-order valence-corrected chi connectivity index (χ1v) is 18.6. The molecule has 0 fully saturated rings. The molecule has 3 N–H and O–H groups in total. The topological polar surface area (TPSA) is 87.0 Å². The summed E-state index contributed by atoms with van der Waals surface area (Å²) in [5, 5.41) is 28.0. The van der Waals surface area contributed by atoms with Crippen LogP contribution in [0.3, 0.4) is 0 Å². The highest BCUT2D eigenvalue weighted by molar-refractivity contribution is 5.69. The van der Waals surface area contributed by atoms with Crippen LogP contribution >= 0.6 is 0 Å². The summed E-state index contributed by atoms with van der Waals surface area (Å²) in [6, 6.07) is 0. The molecule has 1 unspecified atom stereocenters. The molecule has 2 atom stereocenters. The second kappa shape index (κ2) is 35.3. The number of rotatable bonds is 34. The number of aliphatic hydroxyl groups excluding tert-OH is 3. The van der Waals surface area contributed by atoms with Crippen molar-refractivity contribution in [3.8, 4) is 0 Å². The van der Waals surface area contributed by atoms with E-state index in [1.807, 2.05) is 12.2 Å². The number of carbonyl (C=O) groups is 1. The standard InChI is InChI=1S/C38H72O5/c1-2-3-4-5-6-7-8-9-10-11-12-13-14-15-16-17-18-19-22-25-28-31-36(40)32-29-26-23-20-21-24-27-30-33-38(42)43-35-37(41)34-39/h22,25,28,31,36-37,39-41H,2-21,23-24,26-27,29-30,32-35H2,1H3/t36?,37-/m0/s1. The molecule has 0 aliphatic heterocycles. The minimum absolute atomic E-state index is 0.129. The SMILES string of the molecule is CCCCCCCCCCCCCCCCCCCC=CC=CC(O)CCCCCCCCCCC(=O)OC[C@@H](O)CO. The van der Waals surface area contributed by atoms with E-state index in [0.29, 0.717) is 6.42 Å². The Morgan fingerprint density at radius 2 is 1.05 bits per heavy atom. The average molecular weight is 609 g/mol. The first-order chi connectivity index (χ1) is 21.1. The summed E-state index contributed by atoms with van der Waals surface area (Å²) in [6.45, 7) is 1.77. The summed E-state index contributed by atoms with van der Waals surface area (Å²) in [6.07, 6.45) is 41.9. The number of hydrogen-bond acceptors (Lipinski definition) is 5. The number of aliphatic hydroxyl groups is 3. The van der Waals surface area contributed by atoms with Gasteiger partial charge in [-0.1, -0.05) is 179 Å². The predicted molar refractivity (Wildman–Crippen MR) is 183 cm³/mol. The van der Waals surface area contributed by atoms with E-state index in [1.54, 1.807) is 0 Å². The molecule has 0 saturated heterocycles. The maximum atomic E-state index is 11.5. The molecule has 0 amide bonds. The third-order valence-electron chi connectivity index (χ3n) is 8.33. The zero-order valence-electron chi connectivity index (χ0n) is 28.3. The van der Waals surface area contributed by atoms with Gasteiger partial charge in [-0.3, -0.25) is 4.79 Å². The Morgan fingerprint density at radius 1 is 0.605 bits per heavy atom. The molecular formula is C38H72O5. The smallest absolute Gasteiger partial charge is 0.305 e. The molecule has 5 nitrogen and oxygen atoms in total. The normalized spacial score (nSPS) is 13.3. The van der Waals surface area contributed by atoms with Crippen molar-refractivity contribution >= 4 is 5.97 Å². The van der Waals surface area contributed by atoms with Gasteiger partial charge in [0.1, 0.15) is 12.7 Å². The van der Waals surface area contributed by atoms with Gasteiger partial charge >= 0.3 is 5.97 Å². The van der Waals surface area contributed by atoms with Crippen LogP contribution in [0.5, 0.6) is 0 Å². The fraction of sp³-hybridized carbons (Fsp3) is 0.868. The van der Waals surface area contributed by atoms with Crippen molar-refractivity contribution in [1.82, 2.24) is 0 Å². The van der Waals surface area contributed by atoms with Crippen LogP contribution in [0.15, 0.2) is 24.3 Å². The maximum Gasteiger partial charge on any atom is 0.305 e. The number of unbranched alkanes of at least 4 members (excludes halogenated alkanes) is 24. The Morgan fingerprint density at radius 3 is 1.53 bits per heavy atom. The summed E-state index contributed by atoms with van der Waals surface area (Å²) >= 11 is 0. The van der Waals surface area contributed by atoms with Gasteiger partial charge in [0, 0.05) is 6.42 Å². The second-order valence-corrected chi connectivity index (χ2v) is 12.7. The fourth-order valence-electron chi connectivity index (χ4n) is 5.45. The lowest BCUT2D eigenvalue weighted by Crippen LogP contribution is -2.21. The van der Waals surface area contributed by atoms with Gasteiger partial charge in [-0.2, -0.15) is 0 Å². The highest BCUT2D eigenvalue weighted by Gasteiger charge is 2.07. The van der Waals surface area contributed by atoms with Crippen molar-refractivity contribution < 1.29 is 24.9 Å². The molecule has 0 aromatic heterocycles. The molecule has 5 heteroatoms. The zero-order chi connectivity index (χ0) is 31.5. The lowest BCUT2D eigenvalue weighted by molar-refractivity contribution is -0.147. The van der Waals surface area contributed by atoms with Gasteiger partial charge in [0.25, 0.3) is 0 Å². The Kier molecular flexibility index (Phi) is 34.3. The molecule has 0 aliphatic rings. The van der Waals surface area contributed by atoms with Crippen LogP contribution in [0.2, 0.25) is 0 Å². The molecule has 0 bridgehead atoms. The number of carbonyl (C=O) groups excluding carboxylic acids is 1. The number of hydrogen-bond donors (Lipinski definition) is 3. The van der Waals surface area contributed by atoms with Crippen molar-refractivity contribution in [1.29, 1.82) is 0 Å². The number of esters is 1. The molecule has 0 aromatic rings. The van der Waals surface area contributed by atoms with Crippen molar-refractivity contribution in [2.45, 2.75) is 199 Å². The lowest BCUT2D eigenvalue weighted by Gasteiger charge is -2.08. The summed E-state index contributed by atoms with van der Waals surface area (Å²) in [5.74, 6) is -0.304. The highest BCUT2D eigenvalue weighted by Crippen LogP contribution is 2.15. The first kappa shape index (κ1) is 41.8. The molecular weight excluding hydrogens is 536 g/mol. The van der Waals surface area contributed by atoms with Crippen molar-refractivity contribution in [2.24, 2.45) is 0 Å². The van der Waals surface area contributed by atoms with Crippen LogP contribution in [0.25, 0.3) is 0 Å². The Bertz CT molecular complexity index is 617. The Hall–Kier alpha value is -1.17. The molecule has 0 rings (SSSR count). The van der Waals surface area contributed by atoms with Gasteiger partial charge in [0.05, 0.1) is 12.7 Å². The van der Waals surface area contributed by atoms with Crippen LogP contribution in [-0.4, -0.2) is 46.7 Å². The largest absolute Gasteiger partial charge is 0.463 e. The summed E-state index contributed by atoms with van der Waals surface area (Å²) < 4.78 is 4.89. The first-order valence-electron chi connectivity index (χ1n) is 18.6. The number of allylic oxidation sites excluding steroid dienone is 3. The summed E-state index contributed by atoms with van der Waals surface area (Å²) in [4.78, 5) is 11.5. The van der Waals surface area contributed by atoms with Gasteiger partial charge in [-0.05, 0) is 25.7 Å². The van der Waals surface area contributed by atoms with Crippen LogP contribution in [0.4, 0.5) is 0 Å². The molecule has 0 heterocycles. The van der Waals surface area contributed by atoms with E-state index in [9.17, 15) is 9.90 Å². The van der Waals surface area contributed by atoms with Gasteiger partial charge < -0.3 is 20.1 Å². The monoisotopic (exact) mass is 609 g/mol. The van der Waals surface area contributed by atoms with Crippen LogP contribution in [0.1, 0.15) is 187 Å². The molecule has 254 valence electrons. The highest BCUT2D eigenvalue weighted by atomic mass is 16.5. The van der Waals surface area contributed by atoms with Gasteiger partial charge in [0.2, 0.25) is 0 Å². The van der Waals surface area contributed by atoms with E-state index in [0.717, 1.165) is 44.9 Å². The average Bonchev–Trinajstić information content (AvgIpc) is 3.01. The van der Waals surface area contributed by atoms with E-state index in [2.05, 4.69) is 19.1 Å². The molecule has 0 spiro atoms. The molecule has 0 saturated carbocycles.